The summed E-state index contributed by atoms with van der Waals surface area (Å²) < 4.78 is 5.19. The highest BCUT2D eigenvalue weighted by molar-refractivity contribution is 5.80. The highest BCUT2D eigenvalue weighted by atomic mass is 16.5. The second-order valence-corrected chi connectivity index (χ2v) is 5.15. The molecule has 18 heavy (non-hydrogen) atoms. The molecule has 0 radical (unpaired) electrons. The van der Waals surface area contributed by atoms with Gasteiger partial charge in [-0.05, 0) is 47.2 Å². The summed E-state index contributed by atoms with van der Waals surface area (Å²) in [5.41, 5.74) is -0.621. The SMILES string of the molecule is CCCN(CC(C)(NCC)C(=O)OCC)C(C)C. The lowest BCUT2D eigenvalue weighted by Gasteiger charge is -2.36. The summed E-state index contributed by atoms with van der Waals surface area (Å²) in [6, 6.07) is 0.428. The van der Waals surface area contributed by atoms with Crippen molar-refractivity contribution in [3.63, 3.8) is 0 Å². The average Bonchev–Trinajstić information content (AvgIpc) is 2.29. The molecule has 0 rings (SSSR count). The van der Waals surface area contributed by atoms with Crippen molar-refractivity contribution in [2.75, 3.05) is 26.2 Å². The molecule has 0 bridgehead atoms. The number of hydrogen-bond acceptors (Lipinski definition) is 4. The van der Waals surface area contributed by atoms with Crippen LogP contribution < -0.4 is 5.32 Å². The molecule has 1 unspecified atom stereocenters. The topological polar surface area (TPSA) is 41.6 Å². The fourth-order valence-electron chi connectivity index (χ4n) is 2.09. The van der Waals surface area contributed by atoms with Crippen LogP contribution in [-0.2, 0) is 9.53 Å². The van der Waals surface area contributed by atoms with E-state index < -0.39 is 5.54 Å². The van der Waals surface area contributed by atoms with Gasteiger partial charge in [-0.1, -0.05) is 13.8 Å². The molecule has 0 aromatic carbocycles. The highest BCUT2D eigenvalue weighted by Gasteiger charge is 2.36. The summed E-state index contributed by atoms with van der Waals surface area (Å²) in [5, 5.41) is 3.27. The van der Waals surface area contributed by atoms with Gasteiger partial charge < -0.3 is 10.1 Å². The molecule has 1 atom stereocenters. The van der Waals surface area contributed by atoms with Gasteiger partial charge in [0.2, 0.25) is 0 Å². The number of nitrogens with one attached hydrogen (secondary N) is 1. The number of nitrogens with zero attached hydrogens (tertiary/aromatic N) is 1. The van der Waals surface area contributed by atoms with Crippen LogP contribution in [-0.4, -0.2) is 48.7 Å². The minimum Gasteiger partial charge on any atom is -0.465 e. The van der Waals surface area contributed by atoms with Crippen molar-refractivity contribution >= 4 is 5.97 Å². The maximum Gasteiger partial charge on any atom is 0.327 e. The van der Waals surface area contributed by atoms with E-state index >= 15 is 0 Å². The number of carbonyl (C=O) groups excluding carboxylic acids is 1. The molecule has 1 N–H and O–H groups in total. The summed E-state index contributed by atoms with van der Waals surface area (Å²) in [7, 11) is 0. The van der Waals surface area contributed by atoms with Gasteiger partial charge >= 0.3 is 5.97 Å². The van der Waals surface area contributed by atoms with Gasteiger partial charge in [0.15, 0.2) is 0 Å². The molecule has 0 heterocycles. The number of hydrogen-bond donors (Lipinski definition) is 1. The minimum absolute atomic E-state index is 0.159. The van der Waals surface area contributed by atoms with E-state index in [1.807, 2.05) is 20.8 Å². The number of carbonyl (C=O) groups is 1. The molecule has 0 aliphatic heterocycles. The largest absolute Gasteiger partial charge is 0.465 e. The van der Waals surface area contributed by atoms with Crippen LogP contribution in [0.1, 0.15) is 48.0 Å². The Labute approximate surface area is 112 Å². The fourth-order valence-corrected chi connectivity index (χ4v) is 2.09. The molecule has 0 fully saturated rings. The van der Waals surface area contributed by atoms with Crippen molar-refractivity contribution in [2.24, 2.45) is 0 Å². The first-order valence-corrected chi connectivity index (χ1v) is 7.07. The molecule has 0 aliphatic carbocycles. The van der Waals surface area contributed by atoms with Crippen molar-refractivity contribution in [1.82, 2.24) is 10.2 Å². The van der Waals surface area contributed by atoms with Crippen molar-refractivity contribution in [2.45, 2.75) is 59.5 Å². The second kappa shape index (κ2) is 8.48. The van der Waals surface area contributed by atoms with Crippen LogP contribution in [0.3, 0.4) is 0 Å². The number of ether oxygens (including phenoxy) is 1. The van der Waals surface area contributed by atoms with Crippen LogP contribution in [0.15, 0.2) is 0 Å². The van der Waals surface area contributed by atoms with E-state index in [0.717, 1.165) is 19.5 Å². The molecule has 0 amide bonds. The molecule has 108 valence electrons. The Hall–Kier alpha value is -0.610. The van der Waals surface area contributed by atoms with Crippen molar-refractivity contribution in [3.8, 4) is 0 Å². The number of rotatable bonds is 9. The van der Waals surface area contributed by atoms with Gasteiger partial charge in [-0.2, -0.15) is 0 Å². The molecule has 4 heteroatoms. The Balaban J connectivity index is 4.80. The van der Waals surface area contributed by atoms with Crippen molar-refractivity contribution in [3.05, 3.63) is 0 Å². The number of esters is 1. The van der Waals surface area contributed by atoms with Gasteiger partial charge in [0.05, 0.1) is 6.61 Å². The lowest BCUT2D eigenvalue weighted by molar-refractivity contribution is -0.151. The molecule has 0 aliphatic rings. The third-order valence-corrected chi connectivity index (χ3v) is 3.05. The molecular formula is C14H30N2O2. The summed E-state index contributed by atoms with van der Waals surface area (Å²) in [6.07, 6.45) is 1.09. The monoisotopic (exact) mass is 258 g/mol. The Kier molecular flexibility index (Phi) is 8.20. The lowest BCUT2D eigenvalue weighted by Crippen LogP contribution is -2.58. The molecule has 0 aromatic rings. The summed E-state index contributed by atoms with van der Waals surface area (Å²) in [6.45, 7) is 15.1. The first-order valence-electron chi connectivity index (χ1n) is 7.07. The van der Waals surface area contributed by atoms with E-state index in [4.69, 9.17) is 4.74 Å². The Morgan fingerprint density at radius 2 is 1.94 bits per heavy atom. The minimum atomic E-state index is -0.621. The van der Waals surface area contributed by atoms with E-state index in [-0.39, 0.29) is 5.97 Å². The smallest absolute Gasteiger partial charge is 0.327 e. The van der Waals surface area contributed by atoms with Crippen LogP contribution in [0.4, 0.5) is 0 Å². The maximum atomic E-state index is 12.1. The van der Waals surface area contributed by atoms with E-state index in [1.54, 1.807) is 0 Å². The molecular weight excluding hydrogens is 228 g/mol. The molecule has 0 spiro atoms. The maximum absolute atomic E-state index is 12.1. The second-order valence-electron chi connectivity index (χ2n) is 5.15. The quantitative estimate of drug-likeness (QED) is 0.643. The van der Waals surface area contributed by atoms with E-state index in [1.165, 1.54) is 0 Å². The Morgan fingerprint density at radius 1 is 1.33 bits per heavy atom. The Morgan fingerprint density at radius 3 is 2.33 bits per heavy atom. The van der Waals surface area contributed by atoms with Gasteiger partial charge in [-0.25, -0.2) is 0 Å². The zero-order chi connectivity index (χ0) is 14.2. The van der Waals surface area contributed by atoms with E-state index in [9.17, 15) is 4.79 Å². The molecule has 0 saturated heterocycles. The van der Waals surface area contributed by atoms with Crippen LogP contribution in [0, 0.1) is 0 Å². The standard InChI is InChI=1S/C14H30N2O2/c1-7-10-16(12(4)5)11-14(6,15-8-2)13(17)18-9-3/h12,15H,7-11H2,1-6H3. The van der Waals surface area contributed by atoms with Gasteiger partial charge in [0.25, 0.3) is 0 Å². The summed E-state index contributed by atoms with van der Waals surface area (Å²) in [5.74, 6) is -0.159. The fraction of sp³-hybridized carbons (Fsp3) is 0.929. The molecule has 4 nitrogen and oxygen atoms in total. The van der Waals surface area contributed by atoms with E-state index in [0.29, 0.717) is 19.2 Å². The summed E-state index contributed by atoms with van der Waals surface area (Å²) >= 11 is 0. The zero-order valence-electron chi connectivity index (χ0n) is 12.9. The summed E-state index contributed by atoms with van der Waals surface area (Å²) in [4.78, 5) is 14.4. The first kappa shape index (κ1) is 17.4. The van der Waals surface area contributed by atoms with Crippen LogP contribution in [0.2, 0.25) is 0 Å². The predicted octanol–water partition coefficient (Wildman–Crippen LogP) is 2.04. The van der Waals surface area contributed by atoms with Crippen LogP contribution >= 0.6 is 0 Å². The third-order valence-electron chi connectivity index (χ3n) is 3.05. The Bertz CT molecular complexity index is 244. The van der Waals surface area contributed by atoms with Crippen molar-refractivity contribution < 1.29 is 9.53 Å². The van der Waals surface area contributed by atoms with Crippen molar-refractivity contribution in [1.29, 1.82) is 0 Å². The molecule has 0 saturated carbocycles. The lowest BCUT2D eigenvalue weighted by atomic mass is 10.0. The van der Waals surface area contributed by atoms with E-state index in [2.05, 4.69) is 31.0 Å². The van der Waals surface area contributed by atoms with Gasteiger partial charge in [-0.15, -0.1) is 0 Å². The van der Waals surface area contributed by atoms with Gasteiger partial charge in [0, 0.05) is 12.6 Å². The predicted molar refractivity (Wildman–Crippen MR) is 75.7 cm³/mol. The van der Waals surface area contributed by atoms with Crippen LogP contribution in [0.5, 0.6) is 0 Å². The third kappa shape index (κ3) is 5.36. The van der Waals surface area contributed by atoms with Gasteiger partial charge in [0.1, 0.15) is 5.54 Å². The average molecular weight is 258 g/mol. The number of likely N-dealkylation sites (N-methyl/N-ethyl adjacent to an activating group) is 1. The van der Waals surface area contributed by atoms with Crippen LogP contribution in [0.25, 0.3) is 0 Å². The zero-order valence-corrected chi connectivity index (χ0v) is 12.9. The molecule has 0 aromatic heterocycles. The first-order chi connectivity index (χ1) is 8.41. The highest BCUT2D eigenvalue weighted by Crippen LogP contribution is 2.12. The normalized spacial score (nSPS) is 14.9. The van der Waals surface area contributed by atoms with Gasteiger partial charge in [-0.3, -0.25) is 9.69 Å².